The first-order valence-corrected chi connectivity index (χ1v) is 22.4. The minimum Gasteiger partial charge on any atom is -0.658 e. The van der Waals surface area contributed by atoms with Crippen LogP contribution < -0.4 is 19.7 Å². The average Bonchev–Trinajstić information content (AvgIpc) is 4.09. The number of aromatic nitrogens is 8. The van der Waals surface area contributed by atoms with Crippen LogP contribution in [-0.4, -0.2) is 37.4 Å². The van der Waals surface area contributed by atoms with E-state index in [0.717, 1.165) is 11.1 Å². The molecule has 8 aromatic rings. The number of nitriles is 1. The quantitative estimate of drug-likeness (QED) is 0.0650. The fourth-order valence-electron chi connectivity index (χ4n) is 7.08. The number of hydrogen-bond acceptors (Lipinski definition) is 9. The number of halogens is 3. The molecule has 0 saturated heterocycles. The maximum atomic E-state index is 9.66. The molecule has 0 fully saturated rings. The van der Waals surface area contributed by atoms with Gasteiger partial charge in [0.05, 0.1) is 34.1 Å². The largest absolute Gasteiger partial charge is 0.658 e. The summed E-state index contributed by atoms with van der Waals surface area (Å²) < 4.78 is 6.60. The van der Waals surface area contributed by atoms with Crippen LogP contribution in [0.5, 0.6) is 11.6 Å². The van der Waals surface area contributed by atoms with E-state index in [1.54, 1.807) is 12.1 Å². The van der Waals surface area contributed by atoms with Gasteiger partial charge in [-0.2, -0.15) is 21.3 Å². The Kier molecular flexibility index (Phi) is 12.2. The molecule has 6 aromatic heterocycles. The normalized spacial score (nSPS) is 11.8. The Morgan fingerprint density at radius 1 is 0.548 bits per heavy atom. The van der Waals surface area contributed by atoms with Crippen molar-refractivity contribution in [1.29, 1.82) is 5.26 Å². The molecule has 16 heteroatoms. The molecule has 0 spiro atoms. The SMILES string of the molecule is CSc1nc(Cl)c(-c2c3ccc([n-]3)c(-c3ccc(C#N)cc3)c3nc(c(-c4c(Cl)nc(SC)nc4Oc4ccc(C(C)(C)C)cc4)c4ccc([n-]4)c4ccc2[n-]4)C=C3)c(Cl)n1.[Cu]. The number of nitrogens with zero attached hydrogens (tertiary/aromatic N) is 9. The summed E-state index contributed by atoms with van der Waals surface area (Å²) in [6, 6.07) is 28.7. The fraction of sp³-hybridized carbons (Fsp3) is 0.130. The zero-order valence-corrected chi connectivity index (χ0v) is 38.3. The predicted octanol–water partition coefficient (Wildman–Crippen LogP) is 12.5. The average molecular weight is 960 g/mol. The van der Waals surface area contributed by atoms with Gasteiger partial charge in [-0.25, -0.2) is 19.9 Å². The van der Waals surface area contributed by atoms with Gasteiger partial charge < -0.3 is 19.7 Å². The van der Waals surface area contributed by atoms with Gasteiger partial charge in [-0.05, 0) is 76.6 Å². The maximum absolute atomic E-state index is 9.66. The minimum absolute atomic E-state index is 0. The van der Waals surface area contributed by atoms with Gasteiger partial charge in [-0.3, -0.25) is 0 Å². The Morgan fingerprint density at radius 2 is 1.02 bits per heavy atom. The van der Waals surface area contributed by atoms with Crippen LogP contribution in [0.2, 0.25) is 15.5 Å². The van der Waals surface area contributed by atoms with Crippen LogP contribution in [0.1, 0.15) is 43.3 Å². The summed E-state index contributed by atoms with van der Waals surface area (Å²) in [6.45, 7) is 6.48. The number of thioether (sulfide) groups is 2. The Labute approximate surface area is 390 Å². The van der Waals surface area contributed by atoms with Gasteiger partial charge in [0.25, 0.3) is 0 Å². The number of benzene rings is 2. The fourth-order valence-corrected chi connectivity index (χ4v) is 8.78. The number of rotatable bonds is 7. The standard InChI is InChI=1S/C46H31Cl3N9OS2.Cu/c1-46(2,3)25-10-12-26(13-11-25)59-43-39(42(49)57-45(58-43)61-5)37-33-17-15-28(52-33)27-14-16-31(51-27)36(38-40(47)55-44(60-4)56-41(38)48)32-20-18-29(53-32)35(30-19-21-34(37)54-30)24-8-6-23(22-50)7-9-24;/h6-21H,1-5H3;/q-3;. The van der Waals surface area contributed by atoms with E-state index in [1.165, 1.54) is 23.5 Å². The van der Waals surface area contributed by atoms with Crippen LogP contribution in [0, 0.1) is 11.3 Å². The summed E-state index contributed by atoms with van der Waals surface area (Å²) in [4.78, 5) is 39.2. The monoisotopic (exact) mass is 957 g/mol. The molecule has 10 nitrogen and oxygen atoms in total. The van der Waals surface area contributed by atoms with E-state index in [1.807, 2.05) is 97.5 Å². The number of fused-ring (bicyclic) bond motifs is 9. The molecule has 1 radical (unpaired) electrons. The van der Waals surface area contributed by atoms with Gasteiger partial charge in [-0.15, -0.1) is 22.1 Å². The first kappa shape index (κ1) is 43.4. The third-order valence-corrected chi connectivity index (χ3v) is 12.0. The molecule has 0 aliphatic carbocycles. The van der Waals surface area contributed by atoms with E-state index < -0.39 is 0 Å². The van der Waals surface area contributed by atoms with E-state index in [-0.39, 0.29) is 43.8 Å². The molecule has 0 saturated carbocycles. The van der Waals surface area contributed by atoms with E-state index >= 15 is 0 Å². The van der Waals surface area contributed by atoms with E-state index in [2.05, 4.69) is 41.8 Å². The second-order valence-corrected chi connectivity index (χ2v) is 17.5. The van der Waals surface area contributed by atoms with Crippen molar-refractivity contribution in [2.45, 2.75) is 36.5 Å². The molecule has 9 rings (SSSR count). The smallest absolute Gasteiger partial charge is 0.232 e. The van der Waals surface area contributed by atoms with Crippen molar-refractivity contribution in [3.63, 3.8) is 0 Å². The van der Waals surface area contributed by atoms with Crippen molar-refractivity contribution in [2.75, 3.05) is 12.5 Å². The molecule has 0 unspecified atom stereocenters. The summed E-state index contributed by atoms with van der Waals surface area (Å²) in [6.07, 6.45) is 7.55. The minimum atomic E-state index is -0.0469. The first-order valence-electron chi connectivity index (χ1n) is 18.8. The van der Waals surface area contributed by atoms with Crippen molar-refractivity contribution in [1.82, 2.24) is 39.9 Å². The molecule has 1 aliphatic heterocycles. The zero-order chi connectivity index (χ0) is 42.6. The molecule has 0 atom stereocenters. The van der Waals surface area contributed by atoms with Crippen LogP contribution >= 0.6 is 58.3 Å². The van der Waals surface area contributed by atoms with Crippen LogP contribution in [-0.2, 0) is 22.5 Å². The van der Waals surface area contributed by atoms with Gasteiger partial charge in [0.15, 0.2) is 10.3 Å². The third-order valence-electron chi connectivity index (χ3n) is 10.1. The topological polar surface area (TPSA) is 140 Å². The predicted molar refractivity (Wildman–Crippen MR) is 248 cm³/mol. The van der Waals surface area contributed by atoms with Gasteiger partial charge in [0.2, 0.25) is 5.88 Å². The zero-order valence-electron chi connectivity index (χ0n) is 33.4. The first-order chi connectivity index (χ1) is 29.4. The second kappa shape index (κ2) is 17.5. The van der Waals surface area contributed by atoms with Crippen LogP contribution in [0.15, 0.2) is 95.2 Å². The van der Waals surface area contributed by atoms with Crippen molar-refractivity contribution >= 4 is 104 Å². The summed E-state index contributed by atoms with van der Waals surface area (Å²) in [7, 11) is 0. The Balaban J connectivity index is 0.00000529. The number of ether oxygens (including phenoxy) is 1. The Bertz CT molecular complexity index is 3220. The van der Waals surface area contributed by atoms with Crippen LogP contribution in [0.4, 0.5) is 0 Å². The molecule has 8 bridgehead atoms. The van der Waals surface area contributed by atoms with Crippen molar-refractivity contribution < 1.29 is 21.8 Å². The van der Waals surface area contributed by atoms with Gasteiger partial charge in [0.1, 0.15) is 21.2 Å². The van der Waals surface area contributed by atoms with Gasteiger partial charge >= 0.3 is 0 Å². The third kappa shape index (κ3) is 8.20. The van der Waals surface area contributed by atoms with E-state index in [9.17, 15) is 5.26 Å². The summed E-state index contributed by atoms with van der Waals surface area (Å²) in [5, 5.41) is 11.0. The summed E-state index contributed by atoms with van der Waals surface area (Å²) >= 11 is 23.7. The molecule has 0 amide bonds. The van der Waals surface area contributed by atoms with E-state index in [0.29, 0.717) is 93.9 Å². The van der Waals surface area contributed by atoms with Crippen molar-refractivity contribution in [2.24, 2.45) is 0 Å². The molecular formula is C46H31Cl3CuN9OS2-3. The Morgan fingerprint density at radius 3 is 1.55 bits per heavy atom. The number of hydrogen-bond donors (Lipinski definition) is 0. The summed E-state index contributed by atoms with van der Waals surface area (Å²) in [5.41, 5.74) is 9.52. The molecule has 7 heterocycles. The molecule has 0 N–H and O–H groups in total. The van der Waals surface area contributed by atoms with Crippen molar-refractivity contribution in [3.8, 4) is 51.1 Å². The van der Waals surface area contributed by atoms with Crippen molar-refractivity contribution in [3.05, 3.63) is 123 Å². The molecule has 2 aromatic carbocycles. The second-order valence-electron chi connectivity index (χ2n) is 14.9. The van der Waals surface area contributed by atoms with Crippen LogP contribution in [0.3, 0.4) is 0 Å². The Hall–Kier alpha value is -5.29. The van der Waals surface area contributed by atoms with E-state index in [4.69, 9.17) is 64.5 Å². The maximum Gasteiger partial charge on any atom is 0.232 e. The summed E-state index contributed by atoms with van der Waals surface area (Å²) in [5.74, 6) is 0.815. The van der Waals surface area contributed by atoms with Gasteiger partial charge in [-0.1, -0.05) is 140 Å². The molecular weight excluding hydrogens is 929 g/mol. The molecule has 313 valence electrons. The van der Waals surface area contributed by atoms with Gasteiger partial charge in [0, 0.05) is 22.6 Å². The molecule has 62 heavy (non-hydrogen) atoms. The van der Waals surface area contributed by atoms with Crippen LogP contribution in [0.25, 0.3) is 78.6 Å². The molecule has 1 aliphatic rings.